The maximum absolute atomic E-state index is 14.4. The van der Waals surface area contributed by atoms with Crippen molar-refractivity contribution in [2.24, 2.45) is 39.4 Å². The molecule has 0 aromatic carbocycles. The van der Waals surface area contributed by atoms with Crippen molar-refractivity contribution in [2.45, 2.75) is 142 Å². The number of hydrogen-bond acceptors (Lipinski definition) is 14. The minimum atomic E-state index is -1.84. The number of likely N-dealkylation sites (N-methyl/N-ethyl adjacent to an activating group) is 1. The number of esters is 1. The summed E-state index contributed by atoms with van der Waals surface area (Å²) in [6.45, 7) is 15.0. The number of amides is 2. The lowest BCUT2D eigenvalue weighted by Crippen LogP contribution is -2.60. The number of aliphatic hydroxyl groups excluding tert-OH is 1. The molecule has 56 heavy (non-hydrogen) atoms. The summed E-state index contributed by atoms with van der Waals surface area (Å²) in [5.74, 6) is -5.85. The number of primary amides is 1. The van der Waals surface area contributed by atoms with Gasteiger partial charge in [-0.25, -0.2) is 4.99 Å². The zero-order valence-corrected chi connectivity index (χ0v) is 35.5. The third kappa shape index (κ3) is 10.4. The lowest BCUT2D eigenvalue weighted by Gasteiger charge is -2.47. The highest BCUT2D eigenvalue weighted by atomic mass is 32.1. The quantitative estimate of drug-likeness (QED) is 0.268. The van der Waals surface area contributed by atoms with Crippen molar-refractivity contribution in [3.8, 4) is 0 Å². The second-order valence-corrected chi connectivity index (χ2v) is 17.6. The minimum absolute atomic E-state index is 0.118. The molecule has 0 aliphatic carbocycles. The average molecular weight is 807 g/mol. The van der Waals surface area contributed by atoms with Gasteiger partial charge in [0.1, 0.15) is 23.7 Å². The lowest BCUT2D eigenvalue weighted by molar-refractivity contribution is -0.296. The number of cyclic esters (lactones) is 1. The van der Waals surface area contributed by atoms with E-state index in [1.54, 1.807) is 39.8 Å². The van der Waals surface area contributed by atoms with Crippen LogP contribution in [0.5, 0.6) is 0 Å². The molecule has 13 atom stereocenters. The molecule has 4 heterocycles. The monoisotopic (exact) mass is 806 g/mol. The molecule has 1 aromatic heterocycles. The van der Waals surface area contributed by atoms with Crippen molar-refractivity contribution < 1.29 is 53.1 Å². The number of nitrogens with two attached hydrogens (primary N) is 1. The molecule has 1 aromatic rings. The number of Topliss-reactive ketones (excluding diaryl/α,β-unsaturated/α-hetero) is 1. The Morgan fingerprint density at radius 2 is 1.77 bits per heavy atom. The maximum atomic E-state index is 14.4. The Hall–Kier alpha value is -2.96. The van der Waals surface area contributed by atoms with E-state index < -0.39 is 89.1 Å². The molecule has 0 spiro atoms. The van der Waals surface area contributed by atoms with Gasteiger partial charge in [-0.15, -0.1) is 11.3 Å². The van der Waals surface area contributed by atoms with Gasteiger partial charge in [0.25, 0.3) is 5.91 Å². The number of aliphatic imine (C=N–C) groups is 2. The highest BCUT2D eigenvalue weighted by Gasteiger charge is 2.53. The van der Waals surface area contributed by atoms with Crippen LogP contribution in [0.2, 0.25) is 0 Å². The van der Waals surface area contributed by atoms with Crippen LogP contribution in [-0.2, 0) is 44.6 Å². The SMILES string of the molecule is CC[C@H]1OC(=O)[C@H](C)C(=O)[C@H](C)[C@@H](O[C@@H]2O[C@H](C)C[C@H](N(C)C)[C@H]2O)[C@@]2(C)C[C@@H](C)C(=NC(C)=O)[C@H](C)[C@H](OCC(=NCc3ccc(C(N)=O)s3)CO2)[C@]1(C)O. The molecule has 3 fully saturated rings. The fraction of sp³-hybridized carbons (Fsp3) is 0.750. The number of hydrogen-bond donors (Lipinski definition) is 3. The van der Waals surface area contributed by atoms with Crippen molar-refractivity contribution >= 4 is 46.3 Å². The van der Waals surface area contributed by atoms with Gasteiger partial charge >= 0.3 is 5.97 Å². The Kier molecular flexibility index (Phi) is 15.3. The number of ether oxygens (including phenoxy) is 5. The van der Waals surface area contributed by atoms with Crippen molar-refractivity contribution in [3.05, 3.63) is 21.9 Å². The van der Waals surface area contributed by atoms with Crippen molar-refractivity contribution in [3.63, 3.8) is 0 Å². The van der Waals surface area contributed by atoms with E-state index in [9.17, 15) is 29.4 Å². The molecule has 4 N–H and O–H groups in total. The fourth-order valence-corrected chi connectivity index (χ4v) is 9.21. The van der Waals surface area contributed by atoms with Crippen molar-refractivity contribution in [2.75, 3.05) is 27.3 Å². The van der Waals surface area contributed by atoms with E-state index in [1.165, 1.54) is 32.1 Å². The van der Waals surface area contributed by atoms with Gasteiger partial charge in [-0.1, -0.05) is 27.7 Å². The summed E-state index contributed by atoms with van der Waals surface area (Å²) in [6, 6.07) is 3.07. The molecular formula is C40H62N4O11S. The molecule has 16 heteroatoms. The number of carbonyl (C=O) groups is 4. The van der Waals surface area contributed by atoms with Gasteiger partial charge in [-0.05, 0) is 79.1 Å². The Morgan fingerprint density at radius 1 is 1.09 bits per heavy atom. The van der Waals surface area contributed by atoms with E-state index in [1.807, 2.05) is 32.8 Å². The second-order valence-electron chi connectivity index (χ2n) is 16.4. The number of thiophene rings is 1. The van der Waals surface area contributed by atoms with E-state index in [4.69, 9.17) is 34.4 Å². The van der Waals surface area contributed by atoms with Gasteiger partial charge < -0.3 is 44.5 Å². The number of nitrogens with zero attached hydrogens (tertiary/aromatic N) is 3. The normalized spacial score (nSPS) is 39.5. The van der Waals surface area contributed by atoms with Crippen LogP contribution in [0.15, 0.2) is 22.1 Å². The van der Waals surface area contributed by atoms with Gasteiger partial charge in [0.15, 0.2) is 12.1 Å². The molecule has 3 aliphatic heterocycles. The first-order valence-corrected chi connectivity index (χ1v) is 20.3. The van der Waals surface area contributed by atoms with Crippen molar-refractivity contribution in [1.29, 1.82) is 0 Å². The first kappa shape index (κ1) is 45.7. The molecule has 2 amide bonds. The number of aliphatic hydroxyl groups is 2. The Bertz CT molecular complexity index is 1640. The van der Waals surface area contributed by atoms with Crippen LogP contribution in [0.4, 0.5) is 0 Å². The summed E-state index contributed by atoms with van der Waals surface area (Å²) in [5, 5.41) is 24.0. The molecule has 314 valence electrons. The van der Waals surface area contributed by atoms with Gasteiger partial charge in [0.05, 0.1) is 54.3 Å². The summed E-state index contributed by atoms with van der Waals surface area (Å²) < 4.78 is 32.4. The first-order chi connectivity index (χ1) is 26.1. The number of rotatable bonds is 7. The summed E-state index contributed by atoms with van der Waals surface area (Å²) in [4.78, 5) is 65.2. The lowest BCUT2D eigenvalue weighted by atomic mass is 9.73. The number of fused-ring (bicyclic) bond motifs is 5. The Labute approximate surface area is 334 Å². The van der Waals surface area contributed by atoms with Crippen LogP contribution in [0.25, 0.3) is 0 Å². The third-order valence-corrected chi connectivity index (χ3v) is 12.6. The first-order valence-electron chi connectivity index (χ1n) is 19.5. The second kappa shape index (κ2) is 18.7. The zero-order valence-electron chi connectivity index (χ0n) is 34.6. The molecule has 3 aliphatic rings. The highest BCUT2D eigenvalue weighted by Crippen LogP contribution is 2.40. The molecule has 3 saturated heterocycles. The van der Waals surface area contributed by atoms with E-state index in [-0.39, 0.29) is 44.7 Å². The predicted molar refractivity (Wildman–Crippen MR) is 211 cm³/mol. The molecule has 0 saturated carbocycles. The van der Waals surface area contributed by atoms with Crippen LogP contribution in [0.3, 0.4) is 0 Å². The highest BCUT2D eigenvalue weighted by molar-refractivity contribution is 7.14. The fourth-order valence-electron chi connectivity index (χ4n) is 8.43. The number of ketones is 1. The molecule has 15 nitrogen and oxygen atoms in total. The number of carbonyl (C=O) groups excluding carboxylic acids is 4. The van der Waals surface area contributed by atoms with E-state index >= 15 is 0 Å². The summed E-state index contributed by atoms with van der Waals surface area (Å²) >= 11 is 1.21. The average Bonchev–Trinajstić information content (AvgIpc) is 3.60. The standard InChI is InChI=1S/C40H62N4O11S/c1-12-30-40(9,50)35-22(4)31(43-25(7)45)20(2)16-39(8,52-19-26(18-51-35)42-17-27-13-14-29(56-27)36(41)48)34(23(5)32(46)24(6)37(49)54-30)55-38-33(47)28(44(10)11)15-21(3)53-38/h13-14,20-24,28,30,33-35,38,47,50H,12,15-19H2,1-11H3,(H2,41,48)/t20-,21-,22+,23+,24-,28+,30-,33-,34-,35+,38+,39-,40-/m1/s1. The summed E-state index contributed by atoms with van der Waals surface area (Å²) in [7, 11) is 3.72. The smallest absolute Gasteiger partial charge is 0.316 e. The summed E-state index contributed by atoms with van der Waals surface area (Å²) in [6.07, 6.45) is -5.07. The summed E-state index contributed by atoms with van der Waals surface area (Å²) in [5.41, 5.74) is 3.12. The Balaban J connectivity index is 1.96. The minimum Gasteiger partial charge on any atom is -0.459 e. The van der Waals surface area contributed by atoms with Crippen LogP contribution in [0, 0.1) is 23.7 Å². The zero-order chi connectivity index (χ0) is 41.9. The van der Waals surface area contributed by atoms with Crippen LogP contribution in [0.1, 0.15) is 96.1 Å². The molecule has 0 unspecified atom stereocenters. The topological polar surface area (TPSA) is 209 Å². The maximum Gasteiger partial charge on any atom is 0.316 e. The predicted octanol–water partition coefficient (Wildman–Crippen LogP) is 3.35. The van der Waals surface area contributed by atoms with Crippen LogP contribution in [-0.4, -0.2) is 131 Å². The molecule has 4 rings (SSSR count). The Morgan fingerprint density at radius 3 is 2.36 bits per heavy atom. The van der Waals surface area contributed by atoms with Crippen LogP contribution >= 0.6 is 11.3 Å². The largest absolute Gasteiger partial charge is 0.459 e. The van der Waals surface area contributed by atoms with Crippen molar-refractivity contribution in [1.82, 2.24) is 4.90 Å². The van der Waals surface area contributed by atoms with Gasteiger partial charge in [-0.3, -0.25) is 24.2 Å². The van der Waals surface area contributed by atoms with Gasteiger partial charge in [0.2, 0.25) is 5.91 Å². The molecular weight excluding hydrogens is 745 g/mol. The van der Waals surface area contributed by atoms with E-state index in [0.717, 1.165) is 4.88 Å². The van der Waals surface area contributed by atoms with E-state index in [2.05, 4.69) is 4.99 Å². The molecule has 0 radical (unpaired) electrons. The van der Waals surface area contributed by atoms with Gasteiger partial charge in [-0.2, -0.15) is 0 Å². The van der Waals surface area contributed by atoms with Gasteiger partial charge in [0, 0.05) is 35.4 Å². The van der Waals surface area contributed by atoms with Crippen LogP contribution < -0.4 is 5.73 Å². The third-order valence-electron chi connectivity index (χ3n) is 11.5. The van der Waals surface area contributed by atoms with E-state index in [0.29, 0.717) is 22.7 Å². The molecule has 2 bridgehead atoms.